The van der Waals surface area contributed by atoms with Crippen molar-refractivity contribution in [3.05, 3.63) is 65.5 Å². The molecule has 7 nitrogen and oxygen atoms in total. The second-order valence-electron chi connectivity index (χ2n) is 6.47. The zero-order valence-electron chi connectivity index (χ0n) is 15.1. The Balaban J connectivity index is 1.71. The molecular formula is C20H18FN5O2. The fourth-order valence-electron chi connectivity index (χ4n) is 3.39. The van der Waals surface area contributed by atoms with Crippen LogP contribution in [0.4, 0.5) is 10.2 Å². The van der Waals surface area contributed by atoms with E-state index in [1.165, 1.54) is 18.5 Å². The van der Waals surface area contributed by atoms with E-state index in [1.807, 2.05) is 4.90 Å². The number of piperazine rings is 1. The molecule has 0 atom stereocenters. The van der Waals surface area contributed by atoms with Gasteiger partial charge in [0.15, 0.2) is 5.82 Å². The Morgan fingerprint density at radius 3 is 2.61 bits per heavy atom. The summed E-state index contributed by atoms with van der Waals surface area (Å²) in [5, 5.41) is 0. The van der Waals surface area contributed by atoms with E-state index in [0.717, 1.165) is 0 Å². The van der Waals surface area contributed by atoms with Crippen LogP contribution in [0.5, 0.6) is 0 Å². The van der Waals surface area contributed by atoms with E-state index in [2.05, 4.69) is 21.5 Å². The van der Waals surface area contributed by atoms with Crippen LogP contribution in [0.25, 0.3) is 22.2 Å². The first-order chi connectivity index (χ1) is 13.6. The molecule has 0 bridgehead atoms. The van der Waals surface area contributed by atoms with Gasteiger partial charge in [-0.05, 0) is 18.2 Å². The lowest BCUT2D eigenvalue weighted by Gasteiger charge is -2.35. The zero-order valence-corrected chi connectivity index (χ0v) is 15.1. The smallest absolute Gasteiger partial charge is 0.256 e. The molecule has 3 heterocycles. The van der Waals surface area contributed by atoms with Gasteiger partial charge in [-0.25, -0.2) is 14.4 Å². The lowest BCUT2D eigenvalue weighted by atomic mass is 10.1. The molecule has 3 aromatic rings. The molecule has 1 fully saturated rings. The molecule has 1 amide bonds. The number of benzene rings is 1. The Morgan fingerprint density at radius 2 is 1.89 bits per heavy atom. The standard InChI is InChI=1S/C20H18FN5O2/c1-2-17(27)25-7-9-26(10-8-25)19-18-16(22-12-23-19)11-14(20(28)24-18)13-5-3-4-6-15(13)21/h2-6,11-12H,1,7-10H2,(H,24,28). The summed E-state index contributed by atoms with van der Waals surface area (Å²) in [6.45, 7) is 5.73. The van der Waals surface area contributed by atoms with Gasteiger partial charge in [0.25, 0.3) is 5.56 Å². The summed E-state index contributed by atoms with van der Waals surface area (Å²) < 4.78 is 14.1. The number of hydrogen-bond acceptors (Lipinski definition) is 5. The molecule has 0 radical (unpaired) electrons. The van der Waals surface area contributed by atoms with Crippen LogP contribution in [0.15, 0.2) is 54.1 Å². The molecule has 0 aliphatic carbocycles. The molecule has 8 heteroatoms. The number of aromatic nitrogens is 3. The van der Waals surface area contributed by atoms with Crippen molar-refractivity contribution in [2.45, 2.75) is 0 Å². The number of pyridine rings is 1. The minimum atomic E-state index is -0.468. The van der Waals surface area contributed by atoms with Crippen molar-refractivity contribution in [3.63, 3.8) is 0 Å². The first kappa shape index (κ1) is 17.8. The largest absolute Gasteiger partial charge is 0.351 e. The van der Waals surface area contributed by atoms with Gasteiger partial charge in [-0.2, -0.15) is 0 Å². The summed E-state index contributed by atoms with van der Waals surface area (Å²) in [6, 6.07) is 7.70. The fourth-order valence-corrected chi connectivity index (χ4v) is 3.39. The van der Waals surface area contributed by atoms with Crippen molar-refractivity contribution in [2.75, 3.05) is 31.1 Å². The first-order valence-corrected chi connectivity index (χ1v) is 8.87. The molecule has 1 aliphatic heterocycles. The van der Waals surface area contributed by atoms with Crippen LogP contribution in [0, 0.1) is 5.82 Å². The summed E-state index contributed by atoms with van der Waals surface area (Å²) >= 11 is 0. The van der Waals surface area contributed by atoms with Crippen molar-refractivity contribution in [1.29, 1.82) is 0 Å². The van der Waals surface area contributed by atoms with Crippen molar-refractivity contribution >= 4 is 22.8 Å². The number of nitrogens with zero attached hydrogens (tertiary/aromatic N) is 4. The summed E-state index contributed by atoms with van der Waals surface area (Å²) in [4.78, 5) is 39.5. The Bertz CT molecular complexity index is 1120. The minimum absolute atomic E-state index is 0.102. The van der Waals surface area contributed by atoms with Crippen LogP contribution in [0.1, 0.15) is 0 Å². The molecule has 0 spiro atoms. The molecule has 1 saturated heterocycles. The molecule has 28 heavy (non-hydrogen) atoms. The van der Waals surface area contributed by atoms with Crippen LogP contribution in [-0.4, -0.2) is 51.9 Å². The van der Waals surface area contributed by atoms with Crippen LogP contribution in [-0.2, 0) is 4.79 Å². The maximum Gasteiger partial charge on any atom is 0.256 e. The van der Waals surface area contributed by atoms with Gasteiger partial charge < -0.3 is 14.8 Å². The summed E-state index contributed by atoms with van der Waals surface area (Å²) in [7, 11) is 0. The minimum Gasteiger partial charge on any atom is -0.351 e. The molecule has 0 saturated carbocycles. The first-order valence-electron chi connectivity index (χ1n) is 8.87. The molecule has 4 rings (SSSR count). The van der Waals surface area contributed by atoms with E-state index < -0.39 is 11.4 Å². The van der Waals surface area contributed by atoms with Crippen LogP contribution in [0.3, 0.4) is 0 Å². The fraction of sp³-hybridized carbons (Fsp3) is 0.200. The molecule has 1 aromatic carbocycles. The second-order valence-corrected chi connectivity index (χ2v) is 6.47. The van der Waals surface area contributed by atoms with Crippen molar-refractivity contribution in [2.24, 2.45) is 0 Å². The highest BCUT2D eigenvalue weighted by Gasteiger charge is 2.22. The predicted molar refractivity (Wildman–Crippen MR) is 105 cm³/mol. The van der Waals surface area contributed by atoms with E-state index in [4.69, 9.17) is 0 Å². The number of anilines is 1. The maximum atomic E-state index is 14.1. The van der Waals surface area contributed by atoms with E-state index in [0.29, 0.717) is 43.0 Å². The summed E-state index contributed by atoms with van der Waals surface area (Å²) in [5.74, 6) is 0.0210. The number of halogens is 1. The zero-order chi connectivity index (χ0) is 19.7. The topological polar surface area (TPSA) is 82.2 Å². The summed E-state index contributed by atoms with van der Waals surface area (Å²) in [6.07, 6.45) is 2.72. The van der Waals surface area contributed by atoms with Gasteiger partial charge in [-0.15, -0.1) is 0 Å². The van der Waals surface area contributed by atoms with Gasteiger partial charge in [-0.3, -0.25) is 9.59 Å². The number of carbonyl (C=O) groups excluding carboxylic acids is 1. The van der Waals surface area contributed by atoms with Crippen LogP contribution < -0.4 is 10.5 Å². The number of fused-ring (bicyclic) bond motifs is 1. The molecule has 2 aromatic heterocycles. The quantitative estimate of drug-likeness (QED) is 0.704. The van der Waals surface area contributed by atoms with Gasteiger partial charge >= 0.3 is 0 Å². The number of amides is 1. The SMILES string of the molecule is C=CC(=O)N1CCN(c2ncnc3cc(-c4ccccc4F)c(=O)[nH]c23)CC1. The Labute approximate surface area is 160 Å². The number of nitrogens with one attached hydrogen (secondary N) is 1. The number of H-pyrrole nitrogens is 1. The highest BCUT2D eigenvalue weighted by atomic mass is 19.1. The van der Waals surface area contributed by atoms with Crippen molar-refractivity contribution < 1.29 is 9.18 Å². The average molecular weight is 379 g/mol. The third kappa shape index (κ3) is 3.13. The van der Waals surface area contributed by atoms with Gasteiger partial charge in [0, 0.05) is 31.7 Å². The Kier molecular flexibility index (Phi) is 4.60. The second kappa shape index (κ2) is 7.22. The van der Waals surface area contributed by atoms with Gasteiger partial charge in [0.1, 0.15) is 17.7 Å². The summed E-state index contributed by atoms with van der Waals surface area (Å²) in [5.41, 5.74) is 1.05. The number of aromatic amines is 1. The van der Waals surface area contributed by atoms with Crippen molar-refractivity contribution in [3.8, 4) is 11.1 Å². The number of rotatable bonds is 3. The Morgan fingerprint density at radius 1 is 1.14 bits per heavy atom. The van der Waals surface area contributed by atoms with E-state index >= 15 is 0 Å². The average Bonchev–Trinajstić information content (AvgIpc) is 2.73. The Hall–Kier alpha value is -3.55. The third-order valence-electron chi connectivity index (χ3n) is 4.85. The van der Waals surface area contributed by atoms with E-state index in [1.54, 1.807) is 29.2 Å². The molecule has 1 aliphatic rings. The lowest BCUT2D eigenvalue weighted by Crippen LogP contribution is -2.48. The molecule has 0 unspecified atom stereocenters. The van der Waals surface area contributed by atoms with Crippen LogP contribution in [0.2, 0.25) is 0 Å². The molecule has 142 valence electrons. The third-order valence-corrected chi connectivity index (χ3v) is 4.85. The highest BCUT2D eigenvalue weighted by molar-refractivity contribution is 5.89. The molecular weight excluding hydrogens is 361 g/mol. The number of hydrogen-bond donors (Lipinski definition) is 1. The van der Waals surface area contributed by atoms with E-state index in [-0.39, 0.29) is 17.0 Å². The van der Waals surface area contributed by atoms with E-state index in [9.17, 15) is 14.0 Å². The van der Waals surface area contributed by atoms with Gasteiger partial charge in [-0.1, -0.05) is 24.8 Å². The van der Waals surface area contributed by atoms with Gasteiger partial charge in [0.05, 0.1) is 11.1 Å². The number of carbonyl (C=O) groups is 1. The normalized spacial score (nSPS) is 14.3. The predicted octanol–water partition coefficient (Wildman–Crippen LogP) is 1.96. The molecule has 1 N–H and O–H groups in total. The van der Waals surface area contributed by atoms with Crippen molar-refractivity contribution in [1.82, 2.24) is 19.9 Å². The highest BCUT2D eigenvalue weighted by Crippen LogP contribution is 2.25. The maximum absolute atomic E-state index is 14.1. The van der Waals surface area contributed by atoms with Gasteiger partial charge in [0.2, 0.25) is 5.91 Å². The lowest BCUT2D eigenvalue weighted by molar-refractivity contribution is -0.126. The van der Waals surface area contributed by atoms with Crippen LogP contribution >= 0.6 is 0 Å². The monoisotopic (exact) mass is 379 g/mol.